The lowest BCUT2D eigenvalue weighted by atomic mass is 9.94. The lowest BCUT2D eigenvalue weighted by Gasteiger charge is -2.04. The summed E-state index contributed by atoms with van der Waals surface area (Å²) >= 11 is 4.71. The van der Waals surface area contributed by atoms with Crippen molar-refractivity contribution >= 4 is 69.4 Å². The number of halogens is 2. The maximum Gasteiger partial charge on any atom is 0.140 e. The maximum atomic E-state index is 5.07. The summed E-state index contributed by atoms with van der Waals surface area (Å²) in [6.07, 6.45) is 2.04. The summed E-state index contributed by atoms with van der Waals surface area (Å²) in [5.41, 5.74) is 7.72. The fourth-order valence-corrected chi connectivity index (χ4v) is 4.71. The molecule has 0 fully saturated rings. The smallest absolute Gasteiger partial charge is 0.140 e. The zero-order valence-corrected chi connectivity index (χ0v) is 19.9. The summed E-state index contributed by atoms with van der Waals surface area (Å²) in [6, 6.07) is 23.5. The average molecular weight is 599 g/mol. The molecule has 0 unspecified atom stereocenters. The van der Waals surface area contributed by atoms with Gasteiger partial charge in [-0.25, -0.2) is 4.98 Å². The molecule has 2 heterocycles. The number of nitrogens with one attached hydrogen (secondary N) is 2. The summed E-state index contributed by atoms with van der Waals surface area (Å²) in [7, 11) is 2.12. The van der Waals surface area contributed by atoms with E-state index in [-0.39, 0.29) is 0 Å². The largest absolute Gasteiger partial charge is 0.360 e. The molecule has 0 aliphatic rings. The highest BCUT2D eigenvalue weighted by Gasteiger charge is 2.18. The van der Waals surface area contributed by atoms with Gasteiger partial charge in [0, 0.05) is 40.9 Å². The minimum absolute atomic E-state index is 0.879. The van der Waals surface area contributed by atoms with Gasteiger partial charge in [-0.2, -0.15) is 0 Å². The predicted molar refractivity (Wildman–Crippen MR) is 140 cm³/mol. The van der Waals surface area contributed by atoms with Crippen molar-refractivity contribution in [3.8, 4) is 33.9 Å². The van der Waals surface area contributed by atoms with E-state index in [2.05, 4.69) is 130 Å². The molecule has 0 saturated heterocycles. The van der Waals surface area contributed by atoms with E-state index in [1.54, 1.807) is 0 Å². The highest BCUT2D eigenvalue weighted by Crippen LogP contribution is 2.35. The first-order valence-electron chi connectivity index (χ1n) is 9.28. The molecular weight excluding hydrogens is 583 g/mol. The van der Waals surface area contributed by atoms with E-state index in [1.807, 2.05) is 6.20 Å². The van der Waals surface area contributed by atoms with E-state index in [1.165, 1.54) is 18.0 Å². The standard InChI is InChI=1S/C23H16BI2N3/c24-15-7-8-20-18(11-15)19(12-27-20)23-28-21(13-3-1-5-16(25)9-13)22(29-23)14-4-2-6-17(26)10-14/h1-12,27H,24H2,(H,28,29). The van der Waals surface area contributed by atoms with Crippen LogP contribution < -0.4 is 5.46 Å². The van der Waals surface area contributed by atoms with Gasteiger partial charge < -0.3 is 9.97 Å². The molecule has 2 N–H and O–H groups in total. The van der Waals surface area contributed by atoms with Gasteiger partial charge in [-0.1, -0.05) is 41.9 Å². The number of imidazole rings is 1. The summed E-state index contributed by atoms with van der Waals surface area (Å²) in [5.74, 6) is 0.879. The number of aromatic amines is 2. The number of hydrogen-bond acceptors (Lipinski definition) is 1. The second-order valence-electron chi connectivity index (χ2n) is 7.08. The fourth-order valence-electron chi connectivity index (χ4n) is 3.63. The first-order valence-corrected chi connectivity index (χ1v) is 11.4. The summed E-state index contributed by atoms with van der Waals surface area (Å²) < 4.78 is 2.40. The van der Waals surface area contributed by atoms with Gasteiger partial charge in [0.2, 0.25) is 0 Å². The van der Waals surface area contributed by atoms with Crippen LogP contribution in [-0.4, -0.2) is 22.8 Å². The SMILES string of the molecule is Bc1ccc2[nH]cc(-c3nc(-c4cccc(I)c4)c(-c4cccc(I)c4)[nH]3)c2c1. The number of benzene rings is 3. The van der Waals surface area contributed by atoms with Crippen LogP contribution in [0.2, 0.25) is 0 Å². The minimum Gasteiger partial charge on any atom is -0.360 e. The summed E-state index contributed by atoms with van der Waals surface area (Å²) in [5, 5.41) is 1.18. The Kier molecular flexibility index (Phi) is 4.99. The molecule has 140 valence electrons. The van der Waals surface area contributed by atoms with Crippen molar-refractivity contribution in [2.75, 3.05) is 0 Å². The molecular formula is C23H16BI2N3. The second-order valence-corrected chi connectivity index (χ2v) is 9.57. The van der Waals surface area contributed by atoms with E-state index >= 15 is 0 Å². The van der Waals surface area contributed by atoms with Crippen molar-refractivity contribution in [3.63, 3.8) is 0 Å². The molecule has 0 radical (unpaired) electrons. The van der Waals surface area contributed by atoms with Gasteiger partial charge in [-0.15, -0.1) is 0 Å². The Hall–Kier alpha value is -2.07. The number of fused-ring (bicyclic) bond motifs is 1. The van der Waals surface area contributed by atoms with Crippen LogP contribution in [-0.2, 0) is 0 Å². The third-order valence-corrected chi connectivity index (χ3v) is 6.35. The predicted octanol–water partition coefficient (Wildman–Crippen LogP) is 5.36. The Labute approximate surface area is 197 Å². The minimum atomic E-state index is 0.879. The zero-order chi connectivity index (χ0) is 20.0. The third-order valence-electron chi connectivity index (χ3n) is 5.01. The molecule has 29 heavy (non-hydrogen) atoms. The number of nitrogens with zero attached hydrogens (tertiary/aromatic N) is 1. The highest BCUT2D eigenvalue weighted by molar-refractivity contribution is 14.1. The summed E-state index contributed by atoms with van der Waals surface area (Å²) in [6.45, 7) is 0. The quantitative estimate of drug-likeness (QED) is 0.213. The lowest BCUT2D eigenvalue weighted by Crippen LogP contribution is -1.99. The Morgan fingerprint density at radius 1 is 0.828 bits per heavy atom. The summed E-state index contributed by atoms with van der Waals surface area (Å²) in [4.78, 5) is 12.1. The highest BCUT2D eigenvalue weighted by atomic mass is 127. The van der Waals surface area contributed by atoms with Crippen molar-refractivity contribution in [2.24, 2.45) is 0 Å². The molecule has 0 spiro atoms. The van der Waals surface area contributed by atoms with Gasteiger partial charge in [0.05, 0.1) is 11.4 Å². The van der Waals surface area contributed by atoms with Crippen molar-refractivity contribution in [3.05, 3.63) is 80.1 Å². The van der Waals surface area contributed by atoms with Gasteiger partial charge in [0.15, 0.2) is 0 Å². The molecule has 0 atom stereocenters. The third kappa shape index (κ3) is 3.63. The van der Waals surface area contributed by atoms with Gasteiger partial charge >= 0.3 is 0 Å². The molecule has 6 heteroatoms. The Morgan fingerprint density at radius 2 is 1.55 bits per heavy atom. The van der Waals surface area contributed by atoms with Crippen LogP contribution in [0.1, 0.15) is 0 Å². The molecule has 0 aliphatic carbocycles. The molecule has 5 aromatic rings. The van der Waals surface area contributed by atoms with Gasteiger partial charge in [-0.3, -0.25) is 0 Å². The van der Waals surface area contributed by atoms with E-state index < -0.39 is 0 Å². The van der Waals surface area contributed by atoms with Gasteiger partial charge in [0.25, 0.3) is 0 Å². The van der Waals surface area contributed by atoms with Crippen LogP contribution in [0.5, 0.6) is 0 Å². The zero-order valence-electron chi connectivity index (χ0n) is 15.6. The first kappa shape index (κ1) is 18.9. The van der Waals surface area contributed by atoms with E-state index in [9.17, 15) is 0 Å². The topological polar surface area (TPSA) is 44.5 Å². The fraction of sp³-hybridized carbons (Fsp3) is 0. The Balaban J connectivity index is 1.75. The molecule has 2 aromatic heterocycles. The second kappa shape index (κ2) is 7.64. The molecule has 0 bridgehead atoms. The van der Waals surface area contributed by atoms with Crippen LogP contribution >= 0.6 is 45.2 Å². The number of rotatable bonds is 3. The number of H-pyrrole nitrogens is 2. The van der Waals surface area contributed by atoms with Crippen LogP contribution in [0.4, 0.5) is 0 Å². The normalized spacial score (nSPS) is 11.2. The molecule has 0 aliphatic heterocycles. The average Bonchev–Trinajstić information content (AvgIpc) is 3.32. The van der Waals surface area contributed by atoms with Crippen molar-refractivity contribution in [1.82, 2.24) is 15.0 Å². The lowest BCUT2D eigenvalue weighted by molar-refractivity contribution is 1.31. The number of aromatic nitrogens is 3. The van der Waals surface area contributed by atoms with Crippen LogP contribution in [0.3, 0.4) is 0 Å². The molecule has 3 nitrogen and oxygen atoms in total. The van der Waals surface area contributed by atoms with Crippen LogP contribution in [0, 0.1) is 7.14 Å². The number of hydrogen-bond donors (Lipinski definition) is 2. The molecule has 0 saturated carbocycles. The van der Waals surface area contributed by atoms with Gasteiger partial charge in [0.1, 0.15) is 13.7 Å². The van der Waals surface area contributed by atoms with Crippen molar-refractivity contribution in [1.29, 1.82) is 0 Å². The van der Waals surface area contributed by atoms with E-state index in [0.717, 1.165) is 39.4 Å². The molecule has 0 amide bonds. The van der Waals surface area contributed by atoms with E-state index in [4.69, 9.17) is 4.98 Å². The van der Waals surface area contributed by atoms with Gasteiger partial charge in [-0.05, 0) is 75.5 Å². The van der Waals surface area contributed by atoms with Crippen molar-refractivity contribution in [2.45, 2.75) is 0 Å². The molecule has 5 rings (SSSR count). The molecule has 3 aromatic carbocycles. The Bertz CT molecular complexity index is 1290. The monoisotopic (exact) mass is 599 g/mol. The van der Waals surface area contributed by atoms with Crippen LogP contribution in [0.15, 0.2) is 72.9 Å². The van der Waals surface area contributed by atoms with Crippen LogP contribution in [0.25, 0.3) is 44.8 Å². The maximum absolute atomic E-state index is 5.07. The first-order chi connectivity index (χ1) is 14.1. The van der Waals surface area contributed by atoms with Crippen molar-refractivity contribution < 1.29 is 0 Å². The van der Waals surface area contributed by atoms with E-state index in [0.29, 0.717) is 0 Å². The Morgan fingerprint density at radius 3 is 2.31 bits per heavy atom.